The lowest BCUT2D eigenvalue weighted by atomic mass is 9.77. The lowest BCUT2D eigenvalue weighted by Crippen LogP contribution is -2.54. The van der Waals surface area contributed by atoms with Crippen LogP contribution in [0.15, 0.2) is 22.7 Å². The summed E-state index contributed by atoms with van der Waals surface area (Å²) in [6.07, 6.45) is -2.10. The zero-order valence-electron chi connectivity index (χ0n) is 33.6. The quantitative estimate of drug-likeness (QED) is 0.118. The number of ether oxygens (including phenoxy) is 6. The smallest absolute Gasteiger partial charge is 0.250 e. The number of aliphatic hydroxyl groups is 2. The monoisotopic (exact) mass is 814 g/mol. The molecule has 1 aliphatic heterocycles. The molecule has 0 aliphatic carbocycles. The van der Waals surface area contributed by atoms with Gasteiger partial charge in [-0.3, -0.25) is 0 Å². The van der Waals surface area contributed by atoms with E-state index in [0.717, 1.165) is 0 Å². The van der Waals surface area contributed by atoms with Crippen LogP contribution in [0.4, 0.5) is 0 Å². The van der Waals surface area contributed by atoms with Crippen molar-refractivity contribution < 1.29 is 47.5 Å². The van der Waals surface area contributed by atoms with Gasteiger partial charge in [-0.15, -0.1) is 0 Å². The van der Waals surface area contributed by atoms with Crippen molar-refractivity contribution in [3.05, 3.63) is 33.8 Å². The van der Waals surface area contributed by atoms with Crippen LogP contribution in [0.3, 0.4) is 0 Å². The van der Waals surface area contributed by atoms with Crippen molar-refractivity contribution in [1.82, 2.24) is 0 Å². The van der Waals surface area contributed by atoms with Crippen LogP contribution < -0.4 is 28.1 Å². The number of hydrogen-bond acceptors (Lipinski definition) is 10. The first kappa shape index (κ1) is 43.4. The highest BCUT2D eigenvalue weighted by Gasteiger charge is 2.53. The van der Waals surface area contributed by atoms with Gasteiger partial charge in [0.2, 0.25) is 26.6 Å². The number of fused-ring (bicyclic) bond motifs is 1. The Hall–Kier alpha value is -2.01. The third-order valence-corrected chi connectivity index (χ3v) is 22.3. The molecular formula is C38H63BrO10Si2. The zero-order valence-corrected chi connectivity index (χ0v) is 37.2. The predicted molar refractivity (Wildman–Crippen MR) is 210 cm³/mol. The van der Waals surface area contributed by atoms with Gasteiger partial charge in [-0.05, 0) is 81.4 Å². The molecule has 0 spiro atoms. The molecule has 2 aromatic rings. The topological polar surface area (TPSA) is 114 Å². The fraction of sp³-hybridized carbons (Fsp3) is 0.684. The fourth-order valence-electron chi connectivity index (χ4n) is 7.04. The molecule has 3 rings (SSSR count). The second-order valence-electron chi connectivity index (χ2n) is 16.3. The highest BCUT2D eigenvalue weighted by Crippen LogP contribution is 2.55. The molecule has 0 radical (unpaired) electrons. The van der Waals surface area contributed by atoms with E-state index in [1.165, 1.54) is 7.11 Å². The van der Waals surface area contributed by atoms with Gasteiger partial charge >= 0.3 is 0 Å². The van der Waals surface area contributed by atoms with Crippen molar-refractivity contribution in [2.45, 2.75) is 129 Å². The minimum atomic E-state index is -2.66. The molecule has 0 aromatic heterocycles. The molecule has 2 aromatic carbocycles. The Bertz CT molecular complexity index is 1470. The average Bonchev–Trinajstić information content (AvgIpc) is 3.50. The predicted octanol–water partition coefficient (Wildman–Crippen LogP) is 9.92. The number of benzene rings is 2. The van der Waals surface area contributed by atoms with E-state index < -0.39 is 40.4 Å². The van der Waals surface area contributed by atoms with Crippen LogP contribution in [-0.2, 0) is 9.16 Å². The summed E-state index contributed by atoms with van der Waals surface area (Å²) in [6.45, 7) is 27.7. The number of hydrogen-bond donors (Lipinski definition) is 2. The number of rotatable bonds is 17. The summed E-state index contributed by atoms with van der Waals surface area (Å²) in [5.74, 6) is 1.87. The lowest BCUT2D eigenvalue weighted by Gasteiger charge is -2.49. The van der Waals surface area contributed by atoms with Crippen molar-refractivity contribution in [1.29, 1.82) is 0 Å². The Balaban J connectivity index is 2.32. The second-order valence-corrected chi connectivity index (χ2v) is 27.2. The first-order valence-electron chi connectivity index (χ1n) is 17.8. The van der Waals surface area contributed by atoms with E-state index in [0.29, 0.717) is 50.1 Å². The molecular weight excluding hydrogens is 752 g/mol. The Morgan fingerprint density at radius 1 is 0.843 bits per heavy atom. The van der Waals surface area contributed by atoms with Crippen LogP contribution in [-0.4, -0.2) is 67.4 Å². The molecule has 290 valence electrons. The molecule has 2 N–H and O–H groups in total. The van der Waals surface area contributed by atoms with E-state index in [1.54, 1.807) is 27.2 Å². The van der Waals surface area contributed by atoms with E-state index in [2.05, 4.69) is 91.3 Å². The van der Waals surface area contributed by atoms with E-state index in [-0.39, 0.29) is 35.2 Å². The molecule has 13 heteroatoms. The van der Waals surface area contributed by atoms with Gasteiger partial charge in [0.25, 0.3) is 8.32 Å². The SMILES string of the molecule is COCOc1c(Br)c([C@H](O)[C@H](C)[C@](C)(O)[C@H](O[Si](C(C)C)(C(C)C)C(C)C)c2cc(OC)c(OC)c(O[Si](C)(C)C(C)(C)C)c2)cc2c1OCO2. The van der Waals surface area contributed by atoms with Crippen LogP contribution in [0.5, 0.6) is 34.5 Å². The van der Waals surface area contributed by atoms with Crippen molar-refractivity contribution >= 4 is 32.6 Å². The van der Waals surface area contributed by atoms with Crippen LogP contribution in [0.1, 0.15) is 99.5 Å². The molecule has 0 bridgehead atoms. The number of halogens is 1. The first-order chi connectivity index (χ1) is 23.5. The van der Waals surface area contributed by atoms with Crippen molar-refractivity contribution in [2.75, 3.05) is 34.9 Å². The van der Waals surface area contributed by atoms with Crippen LogP contribution in [0.25, 0.3) is 0 Å². The summed E-state index contributed by atoms with van der Waals surface area (Å²) in [6, 6.07) is 5.51. The van der Waals surface area contributed by atoms with Gasteiger partial charge < -0.3 is 47.5 Å². The van der Waals surface area contributed by atoms with Crippen molar-refractivity contribution in [2.24, 2.45) is 5.92 Å². The van der Waals surface area contributed by atoms with Gasteiger partial charge in [0.1, 0.15) is 0 Å². The Morgan fingerprint density at radius 3 is 1.90 bits per heavy atom. The molecule has 1 heterocycles. The third-order valence-electron chi connectivity index (χ3n) is 11.1. The van der Waals surface area contributed by atoms with E-state index >= 15 is 0 Å². The standard InChI is InChI=1S/C38H63BrO10Si2/c1-22(2)51(23(3)4,24(5)6)49-36(26-17-28(43-13)33(44-14)30(18-26)48-50(15,16)37(8,9)10)38(11,41)25(7)32(40)27-19-29-34(47-21-45-29)35(31(27)39)46-20-42-12/h17-19,22-25,32,36,40-41H,20-21H2,1-16H3/t25-,32+,36+,38-/m0/s1. The molecule has 0 unspecified atom stereocenters. The van der Waals surface area contributed by atoms with Crippen LogP contribution >= 0.6 is 15.9 Å². The summed E-state index contributed by atoms with van der Waals surface area (Å²) >= 11 is 3.65. The molecule has 0 saturated heterocycles. The molecule has 10 nitrogen and oxygen atoms in total. The van der Waals surface area contributed by atoms with Crippen molar-refractivity contribution in [3.8, 4) is 34.5 Å². The second kappa shape index (κ2) is 16.6. The maximum atomic E-state index is 13.0. The third kappa shape index (κ3) is 8.55. The van der Waals surface area contributed by atoms with Gasteiger partial charge in [-0.2, -0.15) is 0 Å². The highest BCUT2D eigenvalue weighted by molar-refractivity contribution is 9.10. The van der Waals surface area contributed by atoms with Gasteiger partial charge in [-0.25, -0.2) is 0 Å². The van der Waals surface area contributed by atoms with Crippen LogP contribution in [0.2, 0.25) is 34.8 Å². The largest absolute Gasteiger partial charge is 0.541 e. The molecule has 0 fully saturated rings. The molecule has 1 aliphatic rings. The minimum Gasteiger partial charge on any atom is -0.541 e. The maximum absolute atomic E-state index is 13.0. The fourth-order valence-corrected chi connectivity index (χ4v) is 14.3. The Morgan fingerprint density at radius 2 is 1.41 bits per heavy atom. The van der Waals surface area contributed by atoms with E-state index in [4.69, 9.17) is 37.3 Å². The van der Waals surface area contributed by atoms with Gasteiger partial charge in [-0.1, -0.05) is 69.2 Å². The number of aliphatic hydroxyl groups excluding tert-OH is 1. The maximum Gasteiger partial charge on any atom is 0.250 e. The van der Waals surface area contributed by atoms with Crippen LogP contribution in [0, 0.1) is 5.92 Å². The Kier molecular flexibility index (Phi) is 14.1. The summed E-state index contributed by atoms with van der Waals surface area (Å²) < 4.78 is 49.1. The number of methoxy groups -OCH3 is 3. The summed E-state index contributed by atoms with van der Waals surface area (Å²) in [4.78, 5) is 0. The van der Waals surface area contributed by atoms with E-state index in [1.807, 2.05) is 19.1 Å². The van der Waals surface area contributed by atoms with Gasteiger partial charge in [0, 0.05) is 18.6 Å². The summed E-state index contributed by atoms with van der Waals surface area (Å²) in [7, 11) is -0.314. The average molecular weight is 816 g/mol. The van der Waals surface area contributed by atoms with Crippen molar-refractivity contribution in [3.63, 3.8) is 0 Å². The molecule has 0 amide bonds. The minimum absolute atomic E-state index is 0.0126. The highest BCUT2D eigenvalue weighted by atomic mass is 79.9. The van der Waals surface area contributed by atoms with Gasteiger partial charge in [0.05, 0.1) is 36.5 Å². The molecule has 0 saturated carbocycles. The Labute approximate surface area is 316 Å². The first-order valence-corrected chi connectivity index (χ1v) is 23.6. The molecule has 51 heavy (non-hydrogen) atoms. The van der Waals surface area contributed by atoms with E-state index in [9.17, 15) is 10.2 Å². The summed E-state index contributed by atoms with van der Waals surface area (Å²) in [5, 5.41) is 25.1. The normalized spacial score (nSPS) is 16.7. The zero-order chi connectivity index (χ0) is 38.9. The van der Waals surface area contributed by atoms with Gasteiger partial charge in [0.15, 0.2) is 29.8 Å². The molecule has 4 atom stereocenters. The summed E-state index contributed by atoms with van der Waals surface area (Å²) in [5.41, 5.74) is 0.116. The lowest BCUT2D eigenvalue weighted by molar-refractivity contribution is -0.124.